The quantitative estimate of drug-likeness (QED) is 0.419. The molecule has 2 aromatic rings. The van der Waals surface area contributed by atoms with Crippen molar-refractivity contribution in [2.75, 3.05) is 39.4 Å². The average molecular weight is 491 g/mol. The van der Waals surface area contributed by atoms with E-state index in [1.807, 2.05) is 0 Å². The standard InChI is InChI=1S/C26H26N4O6/c1-34-14-13-29-24(31)17-9-11-18(12-10-17)30-22(26(33)36-3)21(25(32)35-2)20(19(15-27)23(30)28)16-7-5-4-6-8-16/h4-12,20H,13-14,28H2,1-3H3,(H,29,31). The number of rotatable bonds is 8. The van der Waals surface area contributed by atoms with Gasteiger partial charge in [0.1, 0.15) is 11.5 Å². The number of nitrogens with one attached hydrogen (secondary N) is 1. The summed E-state index contributed by atoms with van der Waals surface area (Å²) in [7, 11) is 3.89. The highest BCUT2D eigenvalue weighted by Gasteiger charge is 2.42. The molecular formula is C26H26N4O6. The van der Waals surface area contributed by atoms with Crippen LogP contribution in [0.1, 0.15) is 21.8 Å². The molecule has 0 aliphatic carbocycles. The molecule has 0 aromatic heterocycles. The zero-order chi connectivity index (χ0) is 26.2. The first-order valence-corrected chi connectivity index (χ1v) is 10.9. The molecule has 1 amide bonds. The van der Waals surface area contributed by atoms with Crippen LogP contribution in [0.25, 0.3) is 0 Å². The Hall–Kier alpha value is -4.62. The minimum atomic E-state index is -0.958. The lowest BCUT2D eigenvalue weighted by atomic mass is 9.81. The van der Waals surface area contributed by atoms with Gasteiger partial charge in [0.15, 0.2) is 0 Å². The summed E-state index contributed by atoms with van der Waals surface area (Å²) >= 11 is 0. The van der Waals surface area contributed by atoms with Crippen molar-refractivity contribution in [2.24, 2.45) is 5.73 Å². The number of nitrogens with two attached hydrogens (primary N) is 1. The van der Waals surface area contributed by atoms with Crippen molar-refractivity contribution in [1.82, 2.24) is 5.32 Å². The summed E-state index contributed by atoms with van der Waals surface area (Å²) in [6, 6.07) is 17.0. The highest BCUT2D eigenvalue weighted by molar-refractivity contribution is 6.06. The zero-order valence-electron chi connectivity index (χ0n) is 20.1. The normalized spacial score (nSPS) is 15.3. The number of benzene rings is 2. The van der Waals surface area contributed by atoms with Crippen LogP contribution in [0.4, 0.5) is 5.69 Å². The number of methoxy groups -OCH3 is 3. The van der Waals surface area contributed by atoms with Gasteiger partial charge in [0.2, 0.25) is 0 Å². The van der Waals surface area contributed by atoms with Crippen LogP contribution in [-0.2, 0) is 23.8 Å². The number of esters is 2. The van der Waals surface area contributed by atoms with Crippen LogP contribution in [0.3, 0.4) is 0 Å². The second-order valence-electron chi connectivity index (χ2n) is 7.63. The predicted molar refractivity (Wildman–Crippen MR) is 130 cm³/mol. The Bertz CT molecular complexity index is 1250. The molecule has 1 aliphatic rings. The van der Waals surface area contributed by atoms with Gasteiger partial charge in [0, 0.05) is 24.9 Å². The molecule has 1 aliphatic heterocycles. The third kappa shape index (κ3) is 5.06. The maximum Gasteiger partial charge on any atom is 0.355 e. The lowest BCUT2D eigenvalue weighted by Crippen LogP contribution is -2.40. The number of allylic oxidation sites excluding steroid dienone is 1. The fourth-order valence-corrected chi connectivity index (χ4v) is 3.91. The van der Waals surface area contributed by atoms with Gasteiger partial charge in [-0.15, -0.1) is 0 Å². The molecule has 0 saturated heterocycles. The van der Waals surface area contributed by atoms with Gasteiger partial charge in [-0.25, -0.2) is 9.59 Å². The van der Waals surface area contributed by atoms with E-state index in [-0.39, 0.29) is 28.6 Å². The van der Waals surface area contributed by atoms with E-state index in [0.717, 1.165) is 0 Å². The minimum absolute atomic E-state index is 0.0515. The van der Waals surface area contributed by atoms with Crippen molar-refractivity contribution >= 4 is 23.5 Å². The number of carbonyl (C=O) groups excluding carboxylic acids is 3. The van der Waals surface area contributed by atoms with Gasteiger partial charge < -0.3 is 25.3 Å². The molecule has 186 valence electrons. The number of nitriles is 1. The first-order chi connectivity index (χ1) is 17.4. The van der Waals surface area contributed by atoms with E-state index in [9.17, 15) is 19.6 Å². The highest BCUT2D eigenvalue weighted by atomic mass is 16.5. The average Bonchev–Trinajstić information content (AvgIpc) is 2.92. The summed E-state index contributed by atoms with van der Waals surface area (Å²) in [6.07, 6.45) is 0. The summed E-state index contributed by atoms with van der Waals surface area (Å²) in [5, 5.41) is 12.8. The van der Waals surface area contributed by atoms with E-state index in [0.29, 0.717) is 30.0 Å². The molecule has 3 N–H and O–H groups in total. The highest BCUT2D eigenvalue weighted by Crippen LogP contribution is 2.43. The van der Waals surface area contributed by atoms with Crippen LogP contribution >= 0.6 is 0 Å². The maximum absolute atomic E-state index is 13.1. The number of anilines is 1. The molecule has 3 rings (SSSR count). The van der Waals surface area contributed by atoms with E-state index < -0.39 is 17.9 Å². The van der Waals surface area contributed by atoms with Gasteiger partial charge in [-0.3, -0.25) is 9.69 Å². The maximum atomic E-state index is 13.1. The molecule has 1 atom stereocenters. The van der Waals surface area contributed by atoms with Gasteiger partial charge in [-0.2, -0.15) is 5.26 Å². The lowest BCUT2D eigenvalue weighted by Gasteiger charge is -2.35. The third-order valence-electron chi connectivity index (χ3n) is 5.59. The summed E-state index contributed by atoms with van der Waals surface area (Å²) in [5.74, 6) is -3.00. The Labute approximate surface area is 208 Å². The van der Waals surface area contributed by atoms with Crippen LogP contribution in [0.2, 0.25) is 0 Å². The minimum Gasteiger partial charge on any atom is -0.466 e. The number of amides is 1. The predicted octanol–water partition coefficient (Wildman–Crippen LogP) is 1.96. The topological polar surface area (TPSA) is 144 Å². The van der Waals surface area contributed by atoms with Crippen LogP contribution in [0.15, 0.2) is 77.3 Å². The second-order valence-corrected chi connectivity index (χ2v) is 7.63. The molecule has 10 heteroatoms. The molecule has 0 saturated carbocycles. The van der Waals surface area contributed by atoms with Crippen LogP contribution in [-0.4, -0.2) is 52.3 Å². The fraction of sp³-hybridized carbons (Fsp3) is 0.231. The fourth-order valence-electron chi connectivity index (χ4n) is 3.91. The smallest absolute Gasteiger partial charge is 0.355 e. The molecule has 0 bridgehead atoms. The number of hydrogen-bond acceptors (Lipinski definition) is 9. The molecule has 36 heavy (non-hydrogen) atoms. The summed E-state index contributed by atoms with van der Waals surface area (Å²) in [6.45, 7) is 0.699. The van der Waals surface area contributed by atoms with Gasteiger partial charge in [-0.05, 0) is 29.8 Å². The van der Waals surface area contributed by atoms with Gasteiger partial charge in [0.25, 0.3) is 5.91 Å². The number of nitrogens with zero attached hydrogens (tertiary/aromatic N) is 2. The summed E-state index contributed by atoms with van der Waals surface area (Å²) < 4.78 is 14.9. The third-order valence-corrected chi connectivity index (χ3v) is 5.59. The molecular weight excluding hydrogens is 464 g/mol. The SMILES string of the molecule is COCCNC(=O)c1ccc(N2C(N)=C(C#N)C(c3ccccc3)C(C(=O)OC)=C2C(=O)OC)cc1. The van der Waals surface area contributed by atoms with E-state index >= 15 is 0 Å². The molecule has 0 radical (unpaired) electrons. The zero-order valence-corrected chi connectivity index (χ0v) is 20.1. The summed E-state index contributed by atoms with van der Waals surface area (Å²) in [4.78, 5) is 39.7. The van der Waals surface area contributed by atoms with E-state index in [2.05, 4.69) is 11.4 Å². The van der Waals surface area contributed by atoms with Crippen molar-refractivity contribution in [1.29, 1.82) is 5.26 Å². The van der Waals surface area contributed by atoms with Gasteiger partial charge in [-0.1, -0.05) is 30.3 Å². The monoisotopic (exact) mass is 490 g/mol. The van der Waals surface area contributed by atoms with Crippen molar-refractivity contribution < 1.29 is 28.6 Å². The van der Waals surface area contributed by atoms with Crippen LogP contribution < -0.4 is 16.0 Å². The lowest BCUT2D eigenvalue weighted by molar-refractivity contribution is -0.139. The van der Waals surface area contributed by atoms with E-state index in [4.69, 9.17) is 19.9 Å². The Morgan fingerprint density at radius 1 is 1.00 bits per heavy atom. The summed E-state index contributed by atoms with van der Waals surface area (Å²) in [5.41, 5.74) is 7.49. The second kappa shape index (κ2) is 11.7. The van der Waals surface area contributed by atoms with Gasteiger partial charge in [0.05, 0.1) is 44.0 Å². The largest absolute Gasteiger partial charge is 0.466 e. The number of ether oxygens (including phenoxy) is 3. The molecule has 2 aromatic carbocycles. The van der Waals surface area contributed by atoms with E-state index in [1.165, 1.54) is 38.4 Å². The number of carbonyl (C=O) groups is 3. The van der Waals surface area contributed by atoms with Crippen molar-refractivity contribution in [3.05, 3.63) is 88.4 Å². The van der Waals surface area contributed by atoms with E-state index in [1.54, 1.807) is 42.5 Å². The Balaban J connectivity index is 2.19. The van der Waals surface area contributed by atoms with Crippen molar-refractivity contribution in [2.45, 2.75) is 5.92 Å². The molecule has 10 nitrogen and oxygen atoms in total. The Morgan fingerprint density at radius 2 is 1.64 bits per heavy atom. The molecule has 1 unspecified atom stereocenters. The Morgan fingerprint density at radius 3 is 2.19 bits per heavy atom. The molecule has 0 fully saturated rings. The Kier molecular flexibility index (Phi) is 8.43. The first kappa shape index (κ1) is 26.0. The molecule has 0 spiro atoms. The van der Waals surface area contributed by atoms with Gasteiger partial charge >= 0.3 is 11.9 Å². The van der Waals surface area contributed by atoms with Crippen LogP contribution in [0.5, 0.6) is 0 Å². The molecule has 1 heterocycles. The number of hydrogen-bond donors (Lipinski definition) is 2. The van der Waals surface area contributed by atoms with Crippen LogP contribution in [0, 0.1) is 11.3 Å². The first-order valence-electron chi connectivity index (χ1n) is 10.9. The van der Waals surface area contributed by atoms with Crippen molar-refractivity contribution in [3.8, 4) is 6.07 Å². The van der Waals surface area contributed by atoms with Crippen molar-refractivity contribution in [3.63, 3.8) is 0 Å².